The number of benzene rings is 2. The SMILES string of the molecule is Cc1ccc(C(C2=CC=CCC2)c2ccc(Cl)cc2)cc1C. The topological polar surface area (TPSA) is 0 Å². The summed E-state index contributed by atoms with van der Waals surface area (Å²) < 4.78 is 0. The van der Waals surface area contributed by atoms with E-state index in [0.717, 1.165) is 17.9 Å². The van der Waals surface area contributed by atoms with Crippen LogP contribution in [-0.4, -0.2) is 0 Å². The molecule has 112 valence electrons. The number of rotatable bonds is 3. The predicted octanol–water partition coefficient (Wildman–Crippen LogP) is 6.37. The monoisotopic (exact) mass is 308 g/mol. The van der Waals surface area contributed by atoms with E-state index in [0.29, 0.717) is 5.92 Å². The molecule has 0 fully saturated rings. The van der Waals surface area contributed by atoms with Crippen LogP contribution in [0.4, 0.5) is 0 Å². The zero-order chi connectivity index (χ0) is 15.5. The van der Waals surface area contributed by atoms with Gasteiger partial charge in [0.25, 0.3) is 0 Å². The van der Waals surface area contributed by atoms with E-state index in [-0.39, 0.29) is 0 Å². The normalized spacial score (nSPS) is 15.5. The molecule has 2 aromatic rings. The molecular formula is C21H21Cl. The number of hydrogen-bond donors (Lipinski definition) is 0. The molecular weight excluding hydrogens is 288 g/mol. The number of hydrogen-bond acceptors (Lipinski definition) is 0. The van der Waals surface area contributed by atoms with Crippen molar-refractivity contribution in [1.29, 1.82) is 0 Å². The quantitative estimate of drug-likeness (QED) is 0.618. The summed E-state index contributed by atoms with van der Waals surface area (Å²) in [5, 5.41) is 0.792. The van der Waals surface area contributed by atoms with Crippen LogP contribution >= 0.6 is 11.6 Å². The fourth-order valence-corrected chi connectivity index (χ4v) is 3.21. The molecule has 2 aromatic carbocycles. The lowest BCUT2D eigenvalue weighted by atomic mass is 9.81. The summed E-state index contributed by atoms with van der Waals surface area (Å²) in [7, 11) is 0. The van der Waals surface area contributed by atoms with Gasteiger partial charge in [-0.1, -0.05) is 65.7 Å². The Balaban J connectivity index is 2.09. The van der Waals surface area contributed by atoms with Gasteiger partial charge in [0.2, 0.25) is 0 Å². The predicted molar refractivity (Wildman–Crippen MR) is 95.7 cm³/mol. The van der Waals surface area contributed by atoms with E-state index in [2.05, 4.69) is 62.4 Å². The highest BCUT2D eigenvalue weighted by Crippen LogP contribution is 2.36. The number of halogens is 1. The summed E-state index contributed by atoms with van der Waals surface area (Å²) in [6.45, 7) is 4.35. The van der Waals surface area contributed by atoms with Crippen LogP contribution < -0.4 is 0 Å². The van der Waals surface area contributed by atoms with Crippen LogP contribution in [0.15, 0.2) is 66.3 Å². The molecule has 1 unspecified atom stereocenters. The van der Waals surface area contributed by atoms with Crippen LogP contribution in [0.5, 0.6) is 0 Å². The second-order valence-electron chi connectivity index (χ2n) is 6.04. The van der Waals surface area contributed by atoms with Crippen LogP contribution in [0.3, 0.4) is 0 Å². The molecule has 3 rings (SSSR count). The summed E-state index contributed by atoms with van der Waals surface area (Å²) in [6, 6.07) is 15.1. The Morgan fingerprint density at radius 1 is 0.909 bits per heavy atom. The molecule has 0 heterocycles. The molecule has 0 N–H and O–H groups in total. The van der Waals surface area contributed by atoms with Gasteiger partial charge in [-0.2, -0.15) is 0 Å². The summed E-state index contributed by atoms with van der Waals surface area (Å²) in [5.41, 5.74) is 6.86. The van der Waals surface area contributed by atoms with Crippen molar-refractivity contribution in [2.45, 2.75) is 32.6 Å². The maximum atomic E-state index is 6.07. The molecule has 1 aliphatic rings. The van der Waals surface area contributed by atoms with E-state index in [9.17, 15) is 0 Å². The molecule has 0 nitrogen and oxygen atoms in total. The van der Waals surface area contributed by atoms with Gasteiger partial charge < -0.3 is 0 Å². The van der Waals surface area contributed by atoms with Crippen LogP contribution in [-0.2, 0) is 0 Å². The Labute approximate surface area is 138 Å². The van der Waals surface area contributed by atoms with E-state index in [4.69, 9.17) is 11.6 Å². The molecule has 0 saturated heterocycles. The molecule has 0 bridgehead atoms. The van der Waals surface area contributed by atoms with Gasteiger partial charge in [-0.05, 0) is 61.1 Å². The van der Waals surface area contributed by atoms with Gasteiger partial charge in [-0.3, -0.25) is 0 Å². The van der Waals surface area contributed by atoms with Crippen LogP contribution in [0, 0.1) is 13.8 Å². The lowest BCUT2D eigenvalue weighted by molar-refractivity contribution is 0.830. The second-order valence-corrected chi connectivity index (χ2v) is 6.47. The fourth-order valence-electron chi connectivity index (χ4n) is 3.08. The summed E-state index contributed by atoms with van der Waals surface area (Å²) in [4.78, 5) is 0. The van der Waals surface area contributed by atoms with E-state index in [1.54, 1.807) is 0 Å². The number of allylic oxidation sites excluding steroid dienone is 4. The Kier molecular flexibility index (Phi) is 4.49. The second kappa shape index (κ2) is 6.54. The smallest absolute Gasteiger partial charge is 0.0406 e. The van der Waals surface area contributed by atoms with Gasteiger partial charge in [0.05, 0.1) is 0 Å². The highest BCUT2D eigenvalue weighted by Gasteiger charge is 2.19. The summed E-state index contributed by atoms with van der Waals surface area (Å²) in [5.74, 6) is 0.321. The molecule has 1 aliphatic carbocycles. The third-order valence-corrected chi connectivity index (χ3v) is 4.74. The van der Waals surface area contributed by atoms with Gasteiger partial charge in [-0.15, -0.1) is 0 Å². The van der Waals surface area contributed by atoms with Crippen LogP contribution in [0.25, 0.3) is 0 Å². The Hall–Kier alpha value is -1.79. The van der Waals surface area contributed by atoms with Crippen molar-refractivity contribution >= 4 is 11.6 Å². The third kappa shape index (κ3) is 3.18. The zero-order valence-electron chi connectivity index (χ0n) is 13.1. The van der Waals surface area contributed by atoms with Gasteiger partial charge in [0.1, 0.15) is 0 Å². The molecule has 1 heteroatoms. The largest absolute Gasteiger partial charge is 0.0843 e. The zero-order valence-corrected chi connectivity index (χ0v) is 13.9. The minimum absolute atomic E-state index is 0.321. The third-order valence-electron chi connectivity index (χ3n) is 4.48. The molecule has 0 saturated carbocycles. The summed E-state index contributed by atoms with van der Waals surface area (Å²) in [6.07, 6.45) is 8.95. The first kappa shape index (κ1) is 15.1. The maximum absolute atomic E-state index is 6.07. The Morgan fingerprint density at radius 2 is 1.64 bits per heavy atom. The van der Waals surface area contributed by atoms with Gasteiger partial charge >= 0.3 is 0 Å². The molecule has 1 atom stereocenters. The van der Waals surface area contributed by atoms with Crippen molar-refractivity contribution in [3.63, 3.8) is 0 Å². The average Bonchev–Trinajstić information content (AvgIpc) is 2.54. The van der Waals surface area contributed by atoms with Crippen molar-refractivity contribution in [3.05, 3.63) is 93.5 Å². The first-order valence-electron chi connectivity index (χ1n) is 7.83. The standard InChI is InChI=1S/C21H21Cl/c1-15-8-9-19(14-16(15)2)21(17-6-4-3-5-7-17)18-10-12-20(22)13-11-18/h3-4,6,8-14,21H,5,7H2,1-2H3. The minimum atomic E-state index is 0.321. The van der Waals surface area contributed by atoms with Crippen LogP contribution in [0.2, 0.25) is 5.02 Å². The maximum Gasteiger partial charge on any atom is 0.0406 e. The van der Waals surface area contributed by atoms with E-state index < -0.39 is 0 Å². The van der Waals surface area contributed by atoms with Gasteiger partial charge in [0, 0.05) is 10.9 Å². The Morgan fingerprint density at radius 3 is 2.27 bits per heavy atom. The fraction of sp³-hybridized carbons (Fsp3) is 0.238. The molecule has 22 heavy (non-hydrogen) atoms. The van der Waals surface area contributed by atoms with Crippen LogP contribution in [0.1, 0.15) is 41.0 Å². The van der Waals surface area contributed by atoms with E-state index >= 15 is 0 Å². The summed E-state index contributed by atoms with van der Waals surface area (Å²) >= 11 is 6.07. The van der Waals surface area contributed by atoms with Crippen molar-refractivity contribution < 1.29 is 0 Å². The highest BCUT2D eigenvalue weighted by atomic mass is 35.5. The highest BCUT2D eigenvalue weighted by molar-refractivity contribution is 6.30. The van der Waals surface area contributed by atoms with Gasteiger partial charge in [0.15, 0.2) is 0 Å². The lowest BCUT2D eigenvalue weighted by Crippen LogP contribution is -2.07. The molecule has 0 spiro atoms. The minimum Gasteiger partial charge on any atom is -0.0843 e. The van der Waals surface area contributed by atoms with E-state index in [1.807, 2.05) is 12.1 Å². The first-order valence-corrected chi connectivity index (χ1v) is 8.21. The molecule has 0 radical (unpaired) electrons. The Bertz CT molecular complexity index is 720. The van der Waals surface area contributed by atoms with E-state index in [1.165, 1.54) is 27.8 Å². The molecule has 0 aromatic heterocycles. The number of aryl methyl sites for hydroxylation is 2. The first-order chi connectivity index (χ1) is 10.6. The lowest BCUT2D eigenvalue weighted by Gasteiger charge is -2.24. The van der Waals surface area contributed by atoms with Crippen molar-refractivity contribution in [1.82, 2.24) is 0 Å². The van der Waals surface area contributed by atoms with Crippen molar-refractivity contribution in [2.75, 3.05) is 0 Å². The van der Waals surface area contributed by atoms with Crippen molar-refractivity contribution in [3.8, 4) is 0 Å². The molecule has 0 amide bonds. The molecule has 0 aliphatic heterocycles. The van der Waals surface area contributed by atoms with Crippen molar-refractivity contribution in [2.24, 2.45) is 0 Å². The average molecular weight is 309 g/mol. The van der Waals surface area contributed by atoms with Gasteiger partial charge in [-0.25, -0.2) is 0 Å².